The summed E-state index contributed by atoms with van der Waals surface area (Å²) >= 11 is 7.01. The zero-order chi connectivity index (χ0) is 14.5. The van der Waals surface area contributed by atoms with Crippen LogP contribution in [0.25, 0.3) is 0 Å². The molecule has 2 rings (SSSR count). The highest BCUT2D eigenvalue weighted by Gasteiger charge is 2.15. The molecule has 0 saturated heterocycles. The number of nitrogens with one attached hydrogen (secondary N) is 1. The molecule has 0 aromatic heterocycles. The van der Waals surface area contributed by atoms with Crippen LogP contribution in [0.3, 0.4) is 0 Å². The van der Waals surface area contributed by atoms with Crippen LogP contribution in [0, 0.1) is 0 Å². The van der Waals surface area contributed by atoms with Crippen molar-refractivity contribution >= 4 is 45.4 Å². The first-order valence-electron chi connectivity index (χ1n) is 7.28. The number of rotatable bonds is 3. The first kappa shape index (κ1) is 16.4. The van der Waals surface area contributed by atoms with Gasteiger partial charge in [0.1, 0.15) is 0 Å². The van der Waals surface area contributed by atoms with Gasteiger partial charge in [0.05, 0.1) is 13.5 Å². The van der Waals surface area contributed by atoms with Gasteiger partial charge in [-0.3, -0.25) is 0 Å². The molecule has 1 saturated carbocycles. The summed E-state index contributed by atoms with van der Waals surface area (Å²) in [6, 6.07) is 4.62. The predicted molar refractivity (Wildman–Crippen MR) is 94.1 cm³/mol. The highest BCUT2D eigenvalue weighted by atomic mass is 79.9. The highest BCUT2D eigenvalue weighted by molar-refractivity contribution is 9.11. The first-order chi connectivity index (χ1) is 9.56. The van der Waals surface area contributed by atoms with Gasteiger partial charge in [-0.05, 0) is 46.5 Å². The lowest BCUT2D eigenvalue weighted by Crippen LogP contribution is -2.30. The van der Waals surface area contributed by atoms with Crippen molar-refractivity contribution in [2.75, 3.05) is 5.73 Å². The molecule has 0 bridgehead atoms. The lowest BCUT2D eigenvalue weighted by Gasteiger charge is -2.24. The summed E-state index contributed by atoms with van der Waals surface area (Å²) in [7, 11) is 6.08. The molecular weight excluding hydrogens is 379 g/mol. The van der Waals surface area contributed by atoms with Crippen LogP contribution in [0.5, 0.6) is 0 Å². The van der Waals surface area contributed by atoms with E-state index in [0.717, 1.165) is 39.6 Å². The Kier molecular flexibility index (Phi) is 6.43. The molecule has 1 aromatic rings. The molecule has 2 atom stereocenters. The molecule has 1 aliphatic carbocycles. The maximum atomic E-state index is 6.12. The highest BCUT2D eigenvalue weighted by Crippen LogP contribution is 2.29. The molecule has 2 radical (unpaired) electrons. The number of benzene rings is 1. The summed E-state index contributed by atoms with van der Waals surface area (Å²) in [5.74, 6) is 0.379. The van der Waals surface area contributed by atoms with Crippen molar-refractivity contribution in [2.45, 2.75) is 56.9 Å². The number of anilines is 1. The van der Waals surface area contributed by atoms with Crippen LogP contribution in [0.4, 0.5) is 5.69 Å². The smallest absolute Gasteiger partial charge is 0.0699 e. The van der Waals surface area contributed by atoms with Gasteiger partial charge in [-0.25, -0.2) is 0 Å². The van der Waals surface area contributed by atoms with E-state index in [0.29, 0.717) is 11.9 Å². The zero-order valence-electron chi connectivity index (χ0n) is 11.7. The monoisotopic (exact) mass is 398 g/mol. The maximum Gasteiger partial charge on any atom is 0.0699 e. The Morgan fingerprint density at radius 2 is 1.90 bits per heavy atom. The molecule has 1 aromatic carbocycles. The van der Waals surface area contributed by atoms with Crippen molar-refractivity contribution < 1.29 is 0 Å². The molecular formula is C15H21BBr2N2. The molecule has 1 fully saturated rings. The fourth-order valence-corrected chi connectivity index (χ4v) is 4.06. The van der Waals surface area contributed by atoms with Crippen molar-refractivity contribution in [3.8, 4) is 0 Å². The number of nitrogen functional groups attached to an aromatic ring is 1. The second kappa shape index (κ2) is 7.86. The minimum absolute atomic E-state index is 0.379. The summed E-state index contributed by atoms with van der Waals surface area (Å²) < 4.78 is 2.00. The SMILES string of the molecule is [B]C1CCCCC(NCc2cc(Br)cc(Br)c2N)CC1. The molecule has 0 spiro atoms. The summed E-state index contributed by atoms with van der Waals surface area (Å²) in [5.41, 5.74) is 8.08. The average molecular weight is 400 g/mol. The summed E-state index contributed by atoms with van der Waals surface area (Å²) in [5, 5.41) is 3.64. The normalized spacial score (nSPS) is 24.1. The van der Waals surface area contributed by atoms with E-state index in [9.17, 15) is 0 Å². The molecule has 0 amide bonds. The number of nitrogens with two attached hydrogens (primary N) is 1. The van der Waals surface area contributed by atoms with Crippen molar-refractivity contribution in [3.63, 3.8) is 0 Å². The standard InChI is InChI=1S/C15H21BBr2N2/c16-11-3-1-2-4-13(6-5-11)20-9-10-7-12(17)8-14(18)15(10)19/h7-8,11,13,20H,1-6,9,19H2. The van der Waals surface area contributed by atoms with Gasteiger partial charge < -0.3 is 11.1 Å². The van der Waals surface area contributed by atoms with Gasteiger partial charge in [0.2, 0.25) is 0 Å². The minimum atomic E-state index is 0.379. The fourth-order valence-electron chi connectivity index (χ4n) is 2.74. The number of halogens is 2. The van der Waals surface area contributed by atoms with Crippen LogP contribution in [0.1, 0.15) is 44.1 Å². The van der Waals surface area contributed by atoms with Gasteiger partial charge in [0.25, 0.3) is 0 Å². The third-order valence-electron chi connectivity index (χ3n) is 4.02. The van der Waals surface area contributed by atoms with Gasteiger partial charge in [0.15, 0.2) is 0 Å². The van der Waals surface area contributed by atoms with E-state index in [2.05, 4.69) is 43.2 Å². The summed E-state index contributed by atoms with van der Waals surface area (Å²) in [4.78, 5) is 0. The quantitative estimate of drug-likeness (QED) is 0.577. The molecule has 3 N–H and O–H groups in total. The van der Waals surface area contributed by atoms with Crippen LogP contribution in [-0.4, -0.2) is 13.9 Å². The largest absolute Gasteiger partial charge is 0.398 e. The lowest BCUT2D eigenvalue weighted by atomic mass is 9.76. The van der Waals surface area contributed by atoms with Crippen LogP contribution >= 0.6 is 31.9 Å². The Bertz CT molecular complexity index is 454. The Balaban J connectivity index is 1.94. The van der Waals surface area contributed by atoms with Gasteiger partial charge in [0, 0.05) is 21.5 Å². The zero-order valence-corrected chi connectivity index (χ0v) is 14.8. The maximum absolute atomic E-state index is 6.12. The Morgan fingerprint density at radius 1 is 1.15 bits per heavy atom. The Hall–Kier alpha value is 0.00494. The Labute approximate surface area is 139 Å². The lowest BCUT2D eigenvalue weighted by molar-refractivity contribution is 0.389. The van der Waals surface area contributed by atoms with E-state index in [4.69, 9.17) is 13.6 Å². The average Bonchev–Trinajstić information content (AvgIpc) is 2.39. The van der Waals surface area contributed by atoms with Crippen LogP contribution < -0.4 is 11.1 Å². The van der Waals surface area contributed by atoms with E-state index < -0.39 is 0 Å². The molecule has 0 heterocycles. The van der Waals surface area contributed by atoms with Gasteiger partial charge in [-0.2, -0.15) is 0 Å². The Morgan fingerprint density at radius 3 is 2.70 bits per heavy atom. The van der Waals surface area contributed by atoms with Gasteiger partial charge in [-0.1, -0.05) is 47.4 Å². The van der Waals surface area contributed by atoms with Crippen molar-refractivity contribution in [1.82, 2.24) is 5.32 Å². The second-order valence-electron chi connectivity index (χ2n) is 5.66. The van der Waals surface area contributed by atoms with Crippen molar-refractivity contribution in [3.05, 3.63) is 26.6 Å². The van der Waals surface area contributed by atoms with E-state index in [-0.39, 0.29) is 0 Å². The van der Waals surface area contributed by atoms with E-state index >= 15 is 0 Å². The van der Waals surface area contributed by atoms with E-state index in [1.807, 2.05) is 6.07 Å². The fraction of sp³-hybridized carbons (Fsp3) is 0.600. The van der Waals surface area contributed by atoms with E-state index in [1.54, 1.807) is 0 Å². The second-order valence-corrected chi connectivity index (χ2v) is 7.43. The summed E-state index contributed by atoms with van der Waals surface area (Å²) in [6.07, 6.45) is 7.22. The van der Waals surface area contributed by atoms with Crippen LogP contribution in [-0.2, 0) is 6.54 Å². The van der Waals surface area contributed by atoms with Crippen molar-refractivity contribution in [2.24, 2.45) is 0 Å². The van der Waals surface area contributed by atoms with Crippen LogP contribution in [0.2, 0.25) is 5.82 Å². The molecule has 5 heteroatoms. The van der Waals surface area contributed by atoms with Crippen LogP contribution in [0.15, 0.2) is 21.1 Å². The molecule has 1 aliphatic rings. The molecule has 20 heavy (non-hydrogen) atoms. The third kappa shape index (κ3) is 4.78. The van der Waals surface area contributed by atoms with Gasteiger partial charge >= 0.3 is 0 Å². The molecule has 2 nitrogen and oxygen atoms in total. The summed E-state index contributed by atoms with van der Waals surface area (Å²) in [6.45, 7) is 0.809. The third-order valence-corrected chi connectivity index (χ3v) is 5.14. The topological polar surface area (TPSA) is 38.0 Å². The van der Waals surface area contributed by atoms with E-state index in [1.165, 1.54) is 25.7 Å². The molecule has 2 unspecified atom stereocenters. The first-order valence-corrected chi connectivity index (χ1v) is 8.87. The number of hydrogen-bond donors (Lipinski definition) is 2. The van der Waals surface area contributed by atoms with Gasteiger partial charge in [-0.15, -0.1) is 0 Å². The van der Waals surface area contributed by atoms with Crippen molar-refractivity contribution in [1.29, 1.82) is 0 Å². The predicted octanol–water partition coefficient (Wildman–Crippen LogP) is 4.56. The minimum Gasteiger partial charge on any atom is -0.398 e. The number of hydrogen-bond acceptors (Lipinski definition) is 2. The molecule has 108 valence electrons. The molecule has 0 aliphatic heterocycles.